The third-order valence-corrected chi connectivity index (χ3v) is 7.37. The molecular formula is C20H30O3. The average Bonchev–Trinajstić information content (AvgIpc) is 2.51. The highest BCUT2D eigenvalue weighted by Crippen LogP contribution is 2.63. The Bertz CT molecular complexity index is 547. The number of rotatable bonds is 2. The summed E-state index contributed by atoms with van der Waals surface area (Å²) in [6, 6.07) is 0. The summed E-state index contributed by atoms with van der Waals surface area (Å²) in [6.07, 6.45) is 6.85. The smallest absolute Gasteiger partial charge is 0.162 e. The van der Waals surface area contributed by atoms with E-state index < -0.39 is 6.10 Å². The van der Waals surface area contributed by atoms with Gasteiger partial charge in [0.25, 0.3) is 0 Å². The van der Waals surface area contributed by atoms with Crippen LogP contribution in [-0.4, -0.2) is 28.7 Å². The zero-order chi connectivity index (χ0) is 17.0. The molecule has 6 unspecified atom stereocenters. The van der Waals surface area contributed by atoms with Crippen LogP contribution in [0.5, 0.6) is 0 Å². The minimum atomic E-state index is -0.834. The quantitative estimate of drug-likeness (QED) is 0.769. The standard InChI is InChI=1S/C20H30O3/c1-5-13-12(11-21)6-8-15-14(13)7-9-17-19(2,3)18(23)16(22)10-20(15,17)4/h5-6,13-15,17-18,21,23H,1,7-11H2,2-4H3. The van der Waals surface area contributed by atoms with Crippen LogP contribution in [0.2, 0.25) is 0 Å². The molecule has 3 nitrogen and oxygen atoms in total. The first-order chi connectivity index (χ1) is 10.8. The van der Waals surface area contributed by atoms with E-state index in [0.717, 1.165) is 24.8 Å². The monoisotopic (exact) mass is 318 g/mol. The van der Waals surface area contributed by atoms with Crippen LogP contribution in [0.1, 0.15) is 46.5 Å². The first-order valence-corrected chi connectivity index (χ1v) is 8.90. The van der Waals surface area contributed by atoms with Gasteiger partial charge in [0.2, 0.25) is 0 Å². The molecule has 0 aromatic heterocycles. The molecule has 3 rings (SSSR count). The lowest BCUT2D eigenvalue weighted by Gasteiger charge is -2.61. The van der Waals surface area contributed by atoms with Crippen molar-refractivity contribution in [1.29, 1.82) is 0 Å². The van der Waals surface area contributed by atoms with Crippen LogP contribution in [0.15, 0.2) is 24.3 Å². The van der Waals surface area contributed by atoms with Gasteiger partial charge in [0.05, 0.1) is 6.61 Å². The molecule has 0 spiro atoms. The van der Waals surface area contributed by atoms with Gasteiger partial charge in [-0.25, -0.2) is 0 Å². The second-order valence-electron chi connectivity index (χ2n) is 8.71. The minimum absolute atomic E-state index is 0.00138. The first-order valence-electron chi connectivity index (χ1n) is 8.90. The van der Waals surface area contributed by atoms with Crippen molar-refractivity contribution in [3.63, 3.8) is 0 Å². The summed E-state index contributed by atoms with van der Waals surface area (Å²) >= 11 is 0. The van der Waals surface area contributed by atoms with Gasteiger partial charge in [-0.15, -0.1) is 6.58 Å². The van der Waals surface area contributed by atoms with Gasteiger partial charge in [0.15, 0.2) is 5.78 Å². The van der Waals surface area contributed by atoms with Gasteiger partial charge in [0, 0.05) is 17.8 Å². The van der Waals surface area contributed by atoms with E-state index in [1.54, 1.807) is 0 Å². The van der Waals surface area contributed by atoms with Crippen molar-refractivity contribution in [2.24, 2.45) is 34.5 Å². The maximum Gasteiger partial charge on any atom is 0.162 e. The average molecular weight is 318 g/mol. The van der Waals surface area contributed by atoms with Crippen LogP contribution in [-0.2, 0) is 4.79 Å². The molecule has 0 amide bonds. The summed E-state index contributed by atoms with van der Waals surface area (Å²) in [7, 11) is 0. The molecule has 6 atom stereocenters. The first kappa shape index (κ1) is 16.9. The topological polar surface area (TPSA) is 57.5 Å². The SMILES string of the molecule is C=CC1C(CO)=CCC2C1CCC1C(C)(C)C(O)C(=O)CC21C. The molecule has 0 heterocycles. The Morgan fingerprint density at radius 3 is 2.65 bits per heavy atom. The predicted octanol–water partition coefficient (Wildman–Crippen LogP) is 3.12. The number of carbonyl (C=O) groups excluding carboxylic acids is 1. The predicted molar refractivity (Wildman–Crippen MR) is 90.7 cm³/mol. The van der Waals surface area contributed by atoms with Crippen molar-refractivity contribution in [2.75, 3.05) is 6.61 Å². The number of hydrogen-bond acceptors (Lipinski definition) is 3. The highest BCUT2D eigenvalue weighted by atomic mass is 16.3. The van der Waals surface area contributed by atoms with E-state index in [1.807, 2.05) is 6.08 Å². The van der Waals surface area contributed by atoms with E-state index >= 15 is 0 Å². The molecule has 0 aromatic rings. The third kappa shape index (κ3) is 2.27. The second-order valence-corrected chi connectivity index (χ2v) is 8.71. The number of fused-ring (bicyclic) bond motifs is 3. The summed E-state index contributed by atoms with van der Waals surface area (Å²) in [6.45, 7) is 10.5. The fourth-order valence-corrected chi connectivity index (χ4v) is 6.25. The molecule has 23 heavy (non-hydrogen) atoms. The molecule has 0 bridgehead atoms. The molecule has 0 radical (unpaired) electrons. The van der Waals surface area contributed by atoms with Gasteiger partial charge in [-0.3, -0.25) is 4.79 Å². The van der Waals surface area contributed by atoms with Crippen LogP contribution in [0.4, 0.5) is 0 Å². The summed E-state index contributed by atoms with van der Waals surface area (Å²) in [5.74, 6) is 1.47. The Balaban J connectivity index is 2.01. The zero-order valence-electron chi connectivity index (χ0n) is 14.6. The van der Waals surface area contributed by atoms with Crippen LogP contribution < -0.4 is 0 Å². The molecule has 0 aromatic carbocycles. The van der Waals surface area contributed by atoms with Crippen molar-refractivity contribution in [2.45, 2.75) is 52.6 Å². The van der Waals surface area contributed by atoms with Crippen molar-refractivity contribution < 1.29 is 15.0 Å². The molecule has 3 aliphatic carbocycles. The van der Waals surface area contributed by atoms with E-state index in [9.17, 15) is 15.0 Å². The van der Waals surface area contributed by atoms with Gasteiger partial charge in [-0.05, 0) is 48.0 Å². The van der Waals surface area contributed by atoms with Crippen LogP contribution in [0.25, 0.3) is 0 Å². The maximum atomic E-state index is 12.5. The van der Waals surface area contributed by atoms with Gasteiger partial charge in [-0.1, -0.05) is 32.9 Å². The number of Topliss-reactive ketones (excluding diaryl/α,β-unsaturated/α-hetero) is 1. The molecule has 3 aliphatic rings. The van der Waals surface area contributed by atoms with Crippen molar-refractivity contribution in [3.8, 4) is 0 Å². The van der Waals surface area contributed by atoms with E-state index in [1.165, 1.54) is 0 Å². The van der Waals surface area contributed by atoms with Crippen molar-refractivity contribution in [3.05, 3.63) is 24.3 Å². The third-order valence-electron chi connectivity index (χ3n) is 7.37. The second kappa shape index (κ2) is 5.56. The Hall–Kier alpha value is -0.930. The largest absolute Gasteiger partial charge is 0.392 e. The van der Waals surface area contributed by atoms with E-state index in [0.29, 0.717) is 24.2 Å². The van der Waals surface area contributed by atoms with Gasteiger partial charge in [0.1, 0.15) is 6.10 Å². The number of hydrogen-bond donors (Lipinski definition) is 2. The molecular weight excluding hydrogens is 288 g/mol. The minimum Gasteiger partial charge on any atom is -0.392 e. The molecule has 128 valence electrons. The number of aliphatic hydroxyl groups excluding tert-OH is 2. The Kier molecular flexibility index (Phi) is 4.09. The Morgan fingerprint density at radius 1 is 1.35 bits per heavy atom. The number of ketones is 1. The highest BCUT2D eigenvalue weighted by molar-refractivity contribution is 5.85. The molecule has 0 aliphatic heterocycles. The molecule has 2 fully saturated rings. The van der Waals surface area contributed by atoms with E-state index in [-0.39, 0.29) is 29.1 Å². The summed E-state index contributed by atoms with van der Waals surface area (Å²) < 4.78 is 0. The van der Waals surface area contributed by atoms with Crippen LogP contribution >= 0.6 is 0 Å². The number of aliphatic hydroxyl groups is 2. The summed E-state index contributed by atoms with van der Waals surface area (Å²) in [5, 5.41) is 20.1. The molecule has 2 N–H and O–H groups in total. The van der Waals surface area contributed by atoms with Gasteiger partial charge in [-0.2, -0.15) is 0 Å². The highest BCUT2D eigenvalue weighted by Gasteiger charge is 2.60. The Morgan fingerprint density at radius 2 is 2.04 bits per heavy atom. The van der Waals surface area contributed by atoms with Gasteiger partial charge < -0.3 is 10.2 Å². The molecule has 2 saturated carbocycles. The van der Waals surface area contributed by atoms with Gasteiger partial charge >= 0.3 is 0 Å². The number of carbonyl (C=O) groups is 1. The molecule has 0 saturated heterocycles. The molecule has 3 heteroatoms. The lowest BCUT2D eigenvalue weighted by atomic mass is 9.43. The van der Waals surface area contributed by atoms with E-state index in [2.05, 4.69) is 33.4 Å². The lowest BCUT2D eigenvalue weighted by molar-refractivity contribution is -0.173. The van der Waals surface area contributed by atoms with Crippen molar-refractivity contribution in [1.82, 2.24) is 0 Å². The van der Waals surface area contributed by atoms with Crippen LogP contribution in [0, 0.1) is 34.5 Å². The zero-order valence-corrected chi connectivity index (χ0v) is 14.6. The fourth-order valence-electron chi connectivity index (χ4n) is 6.25. The fraction of sp³-hybridized carbons (Fsp3) is 0.750. The Labute approximate surface area is 139 Å². The normalized spacial score (nSPS) is 45.7. The van der Waals surface area contributed by atoms with Crippen molar-refractivity contribution >= 4 is 5.78 Å². The maximum absolute atomic E-state index is 12.5. The lowest BCUT2D eigenvalue weighted by Crippen LogP contribution is -2.60. The summed E-state index contributed by atoms with van der Waals surface area (Å²) in [5.41, 5.74) is 0.658. The number of allylic oxidation sites excluding steroid dienone is 2. The van der Waals surface area contributed by atoms with E-state index in [4.69, 9.17) is 0 Å². The summed E-state index contributed by atoms with van der Waals surface area (Å²) in [4.78, 5) is 12.5. The van der Waals surface area contributed by atoms with Crippen LogP contribution in [0.3, 0.4) is 0 Å².